The highest BCUT2D eigenvalue weighted by Crippen LogP contribution is 2.03. The molecule has 0 amide bonds. The zero-order valence-electron chi connectivity index (χ0n) is 10.2. The molecule has 0 heterocycles. The standard InChI is InChI=1S/C11H26N2S/c1-5-7-12-8-6-9-13(3)11(2)10-14-4/h11-12H,5-10H2,1-4H3. The van der Waals surface area contributed by atoms with Crippen molar-refractivity contribution in [2.75, 3.05) is 38.7 Å². The number of nitrogens with one attached hydrogen (secondary N) is 1. The molecule has 0 rings (SSSR count). The van der Waals surface area contributed by atoms with Crippen LogP contribution in [0, 0.1) is 0 Å². The molecule has 0 spiro atoms. The summed E-state index contributed by atoms with van der Waals surface area (Å²) < 4.78 is 0. The van der Waals surface area contributed by atoms with Gasteiger partial charge in [0, 0.05) is 11.8 Å². The van der Waals surface area contributed by atoms with Crippen molar-refractivity contribution in [3.05, 3.63) is 0 Å². The maximum absolute atomic E-state index is 3.43. The molecule has 0 radical (unpaired) electrons. The lowest BCUT2D eigenvalue weighted by Crippen LogP contribution is -2.33. The Bertz CT molecular complexity index is 120. The second-order valence-electron chi connectivity index (χ2n) is 3.89. The van der Waals surface area contributed by atoms with Crippen LogP contribution >= 0.6 is 11.8 Å². The van der Waals surface area contributed by atoms with E-state index in [-0.39, 0.29) is 0 Å². The third-order valence-corrected chi connectivity index (χ3v) is 3.27. The summed E-state index contributed by atoms with van der Waals surface area (Å²) in [5.74, 6) is 1.24. The third kappa shape index (κ3) is 7.65. The molecular weight excluding hydrogens is 192 g/mol. The second-order valence-corrected chi connectivity index (χ2v) is 4.80. The predicted octanol–water partition coefficient (Wildman–Crippen LogP) is 2.06. The minimum atomic E-state index is 0.705. The highest BCUT2D eigenvalue weighted by atomic mass is 32.2. The van der Waals surface area contributed by atoms with Gasteiger partial charge in [0.15, 0.2) is 0 Å². The molecule has 0 aromatic carbocycles. The Morgan fingerprint density at radius 2 is 2.07 bits per heavy atom. The van der Waals surface area contributed by atoms with Crippen LogP contribution in [-0.2, 0) is 0 Å². The Morgan fingerprint density at radius 3 is 2.64 bits per heavy atom. The number of thioether (sulfide) groups is 1. The van der Waals surface area contributed by atoms with Crippen molar-refractivity contribution in [3.8, 4) is 0 Å². The van der Waals surface area contributed by atoms with Gasteiger partial charge in [-0.25, -0.2) is 0 Å². The SMILES string of the molecule is CCCNCCCN(C)C(C)CSC. The van der Waals surface area contributed by atoms with E-state index in [1.807, 2.05) is 11.8 Å². The van der Waals surface area contributed by atoms with Crippen LogP contribution in [0.4, 0.5) is 0 Å². The summed E-state index contributed by atoms with van der Waals surface area (Å²) in [4.78, 5) is 2.45. The van der Waals surface area contributed by atoms with Gasteiger partial charge in [0.1, 0.15) is 0 Å². The van der Waals surface area contributed by atoms with E-state index >= 15 is 0 Å². The number of rotatable bonds is 9. The van der Waals surface area contributed by atoms with Crippen LogP contribution in [0.25, 0.3) is 0 Å². The van der Waals surface area contributed by atoms with E-state index in [2.05, 4.69) is 37.4 Å². The molecule has 0 bridgehead atoms. The van der Waals surface area contributed by atoms with Crippen molar-refractivity contribution in [2.45, 2.75) is 32.7 Å². The monoisotopic (exact) mass is 218 g/mol. The summed E-state index contributed by atoms with van der Waals surface area (Å²) in [7, 11) is 2.22. The Hall–Kier alpha value is 0.270. The zero-order chi connectivity index (χ0) is 10.8. The van der Waals surface area contributed by atoms with E-state index in [4.69, 9.17) is 0 Å². The fourth-order valence-corrected chi connectivity index (χ4v) is 2.08. The first-order chi connectivity index (χ1) is 6.72. The average molecular weight is 218 g/mol. The first-order valence-electron chi connectivity index (χ1n) is 5.62. The molecule has 1 unspecified atom stereocenters. The van der Waals surface area contributed by atoms with Gasteiger partial charge in [-0.3, -0.25) is 0 Å². The Morgan fingerprint density at radius 1 is 1.36 bits per heavy atom. The lowest BCUT2D eigenvalue weighted by molar-refractivity contribution is 0.273. The molecule has 2 nitrogen and oxygen atoms in total. The lowest BCUT2D eigenvalue weighted by Gasteiger charge is -2.23. The summed E-state index contributed by atoms with van der Waals surface area (Å²) in [6.45, 7) is 8.03. The molecular formula is C11H26N2S. The lowest BCUT2D eigenvalue weighted by atomic mass is 10.3. The Kier molecular flexibility index (Phi) is 10.0. The van der Waals surface area contributed by atoms with E-state index < -0.39 is 0 Å². The van der Waals surface area contributed by atoms with E-state index in [1.54, 1.807) is 0 Å². The topological polar surface area (TPSA) is 15.3 Å². The van der Waals surface area contributed by atoms with Gasteiger partial charge >= 0.3 is 0 Å². The van der Waals surface area contributed by atoms with Gasteiger partial charge in [-0.1, -0.05) is 6.92 Å². The van der Waals surface area contributed by atoms with Crippen molar-refractivity contribution in [1.82, 2.24) is 10.2 Å². The van der Waals surface area contributed by atoms with Crippen molar-refractivity contribution < 1.29 is 0 Å². The highest BCUT2D eigenvalue weighted by Gasteiger charge is 2.06. The van der Waals surface area contributed by atoms with Gasteiger partial charge in [-0.15, -0.1) is 0 Å². The molecule has 0 saturated heterocycles. The maximum Gasteiger partial charge on any atom is 0.0154 e. The molecule has 0 fully saturated rings. The molecule has 3 heteroatoms. The maximum atomic E-state index is 3.43. The predicted molar refractivity (Wildman–Crippen MR) is 68.3 cm³/mol. The minimum Gasteiger partial charge on any atom is -0.317 e. The van der Waals surface area contributed by atoms with Crippen molar-refractivity contribution >= 4 is 11.8 Å². The van der Waals surface area contributed by atoms with Crippen LogP contribution in [0.1, 0.15) is 26.7 Å². The smallest absolute Gasteiger partial charge is 0.0154 e. The molecule has 86 valence electrons. The van der Waals surface area contributed by atoms with Gasteiger partial charge < -0.3 is 10.2 Å². The molecule has 0 aromatic heterocycles. The molecule has 0 saturated carbocycles. The van der Waals surface area contributed by atoms with Crippen molar-refractivity contribution in [1.29, 1.82) is 0 Å². The fourth-order valence-electron chi connectivity index (χ4n) is 1.34. The summed E-state index contributed by atoms with van der Waals surface area (Å²) in [5.41, 5.74) is 0. The first kappa shape index (κ1) is 14.3. The summed E-state index contributed by atoms with van der Waals surface area (Å²) in [6, 6.07) is 0.705. The van der Waals surface area contributed by atoms with E-state index in [0.29, 0.717) is 6.04 Å². The van der Waals surface area contributed by atoms with E-state index in [0.717, 1.165) is 13.1 Å². The number of nitrogens with zero attached hydrogens (tertiary/aromatic N) is 1. The molecule has 14 heavy (non-hydrogen) atoms. The largest absolute Gasteiger partial charge is 0.317 e. The van der Waals surface area contributed by atoms with E-state index in [1.165, 1.54) is 25.1 Å². The molecule has 0 aliphatic carbocycles. The average Bonchev–Trinajstić information content (AvgIpc) is 2.17. The van der Waals surface area contributed by atoms with Crippen LogP contribution in [0.5, 0.6) is 0 Å². The normalized spacial score (nSPS) is 13.5. The Balaban J connectivity index is 3.29. The molecule has 0 aliphatic rings. The first-order valence-corrected chi connectivity index (χ1v) is 7.01. The molecule has 1 atom stereocenters. The van der Waals surface area contributed by atoms with Crippen LogP contribution < -0.4 is 5.32 Å². The highest BCUT2D eigenvalue weighted by molar-refractivity contribution is 7.98. The van der Waals surface area contributed by atoms with Gasteiger partial charge in [0.05, 0.1) is 0 Å². The molecule has 0 aromatic rings. The summed E-state index contributed by atoms with van der Waals surface area (Å²) in [5, 5.41) is 3.43. The summed E-state index contributed by atoms with van der Waals surface area (Å²) >= 11 is 1.93. The molecule has 1 N–H and O–H groups in total. The van der Waals surface area contributed by atoms with Gasteiger partial charge in [-0.05, 0) is 52.7 Å². The van der Waals surface area contributed by atoms with Crippen molar-refractivity contribution in [2.24, 2.45) is 0 Å². The zero-order valence-corrected chi connectivity index (χ0v) is 11.0. The Labute approximate surface area is 93.8 Å². The summed E-state index contributed by atoms with van der Waals surface area (Å²) in [6.07, 6.45) is 4.67. The third-order valence-electron chi connectivity index (χ3n) is 2.45. The molecule has 0 aliphatic heterocycles. The number of hydrogen-bond acceptors (Lipinski definition) is 3. The second kappa shape index (κ2) is 9.81. The number of hydrogen-bond donors (Lipinski definition) is 1. The fraction of sp³-hybridized carbons (Fsp3) is 1.00. The van der Waals surface area contributed by atoms with Crippen LogP contribution in [-0.4, -0.2) is 49.6 Å². The van der Waals surface area contributed by atoms with Gasteiger partial charge in [-0.2, -0.15) is 11.8 Å². The van der Waals surface area contributed by atoms with Crippen molar-refractivity contribution in [3.63, 3.8) is 0 Å². The van der Waals surface area contributed by atoms with Gasteiger partial charge in [0.25, 0.3) is 0 Å². The van der Waals surface area contributed by atoms with Gasteiger partial charge in [0.2, 0.25) is 0 Å². The minimum absolute atomic E-state index is 0.705. The van der Waals surface area contributed by atoms with Crippen LogP contribution in [0.15, 0.2) is 0 Å². The van der Waals surface area contributed by atoms with E-state index in [9.17, 15) is 0 Å². The van der Waals surface area contributed by atoms with Crippen LogP contribution in [0.2, 0.25) is 0 Å². The quantitative estimate of drug-likeness (QED) is 0.596. The van der Waals surface area contributed by atoms with Crippen LogP contribution in [0.3, 0.4) is 0 Å².